The van der Waals surface area contributed by atoms with Crippen LogP contribution < -0.4 is 5.32 Å². The third kappa shape index (κ3) is 3.07. The largest absolute Gasteiger partial charge is 0.313 e. The molecule has 0 saturated carbocycles. The van der Waals surface area contributed by atoms with Crippen LogP contribution in [0.3, 0.4) is 0 Å². The van der Waals surface area contributed by atoms with Crippen LogP contribution in [-0.2, 0) is 0 Å². The molecule has 0 saturated heterocycles. The topological polar surface area (TPSA) is 12.0 Å². The molecule has 80 valence electrons. The van der Waals surface area contributed by atoms with Crippen molar-refractivity contribution in [3.05, 3.63) is 35.1 Å². The van der Waals surface area contributed by atoms with E-state index in [2.05, 4.69) is 11.2 Å². The van der Waals surface area contributed by atoms with Crippen molar-refractivity contribution in [2.75, 3.05) is 7.05 Å². The molecule has 0 bridgehead atoms. The van der Waals surface area contributed by atoms with Gasteiger partial charge in [0.05, 0.1) is 0 Å². The van der Waals surface area contributed by atoms with Gasteiger partial charge in [-0.2, -0.15) is 0 Å². The van der Waals surface area contributed by atoms with E-state index in [4.69, 9.17) is 6.42 Å². The van der Waals surface area contributed by atoms with E-state index in [-0.39, 0.29) is 11.9 Å². The standard InChI is InChI=1S/C13H16FN/c1-4-5-6-13(15-3)12-9-11(14)8-7-10(12)2/h1,7-9,13,15H,5-6H2,2-3H3. The Balaban J connectivity index is 2.91. The van der Waals surface area contributed by atoms with Gasteiger partial charge in [0.15, 0.2) is 0 Å². The zero-order valence-corrected chi connectivity index (χ0v) is 9.18. The highest BCUT2D eigenvalue weighted by Gasteiger charge is 2.11. The monoisotopic (exact) mass is 205 g/mol. The summed E-state index contributed by atoms with van der Waals surface area (Å²) >= 11 is 0. The van der Waals surface area contributed by atoms with Gasteiger partial charge in [-0.15, -0.1) is 12.3 Å². The highest BCUT2D eigenvalue weighted by Crippen LogP contribution is 2.22. The molecule has 0 amide bonds. The molecule has 0 aromatic heterocycles. The molecule has 0 aliphatic carbocycles. The number of hydrogen-bond donors (Lipinski definition) is 1. The predicted octanol–water partition coefficient (Wildman–Crippen LogP) is 2.81. The van der Waals surface area contributed by atoms with Crippen molar-refractivity contribution in [1.29, 1.82) is 0 Å². The molecule has 0 heterocycles. The van der Waals surface area contributed by atoms with E-state index < -0.39 is 0 Å². The van der Waals surface area contributed by atoms with Crippen LogP contribution in [0.2, 0.25) is 0 Å². The molecule has 15 heavy (non-hydrogen) atoms. The van der Waals surface area contributed by atoms with Gasteiger partial charge < -0.3 is 5.32 Å². The predicted molar refractivity (Wildman–Crippen MR) is 61.0 cm³/mol. The van der Waals surface area contributed by atoms with E-state index in [0.29, 0.717) is 6.42 Å². The van der Waals surface area contributed by atoms with Crippen LogP contribution in [0.15, 0.2) is 18.2 Å². The van der Waals surface area contributed by atoms with E-state index in [9.17, 15) is 4.39 Å². The lowest BCUT2D eigenvalue weighted by Gasteiger charge is -2.17. The van der Waals surface area contributed by atoms with Gasteiger partial charge >= 0.3 is 0 Å². The summed E-state index contributed by atoms with van der Waals surface area (Å²) in [4.78, 5) is 0. The van der Waals surface area contributed by atoms with Crippen molar-refractivity contribution in [3.63, 3.8) is 0 Å². The second-order valence-electron chi connectivity index (χ2n) is 3.58. The quantitative estimate of drug-likeness (QED) is 0.745. The summed E-state index contributed by atoms with van der Waals surface area (Å²) in [6, 6.07) is 4.99. The smallest absolute Gasteiger partial charge is 0.123 e. The van der Waals surface area contributed by atoms with Crippen molar-refractivity contribution < 1.29 is 4.39 Å². The molecule has 0 radical (unpaired) electrons. The third-order valence-corrected chi connectivity index (χ3v) is 2.54. The Hall–Kier alpha value is -1.33. The van der Waals surface area contributed by atoms with Crippen molar-refractivity contribution in [3.8, 4) is 12.3 Å². The molecule has 2 heteroatoms. The highest BCUT2D eigenvalue weighted by molar-refractivity contribution is 5.29. The molecule has 1 unspecified atom stereocenters. The van der Waals surface area contributed by atoms with Crippen LogP contribution in [0.5, 0.6) is 0 Å². The normalized spacial score (nSPS) is 12.1. The minimum Gasteiger partial charge on any atom is -0.313 e. The SMILES string of the molecule is C#CCCC(NC)c1cc(F)ccc1C. The van der Waals surface area contributed by atoms with Gasteiger partial charge in [-0.05, 0) is 43.7 Å². The maximum absolute atomic E-state index is 13.1. The van der Waals surface area contributed by atoms with E-state index >= 15 is 0 Å². The third-order valence-electron chi connectivity index (χ3n) is 2.54. The maximum Gasteiger partial charge on any atom is 0.123 e. The van der Waals surface area contributed by atoms with Crippen LogP contribution in [0.1, 0.15) is 30.0 Å². The van der Waals surface area contributed by atoms with Crippen LogP contribution in [0.25, 0.3) is 0 Å². The first-order valence-electron chi connectivity index (χ1n) is 5.05. The Morgan fingerprint density at radius 1 is 1.53 bits per heavy atom. The lowest BCUT2D eigenvalue weighted by atomic mass is 9.97. The lowest BCUT2D eigenvalue weighted by Crippen LogP contribution is -2.17. The molecule has 0 aliphatic heterocycles. The van der Waals surface area contributed by atoms with Crippen molar-refractivity contribution in [2.24, 2.45) is 0 Å². The summed E-state index contributed by atoms with van der Waals surface area (Å²) in [5, 5.41) is 3.16. The van der Waals surface area contributed by atoms with Crippen LogP contribution >= 0.6 is 0 Å². The summed E-state index contributed by atoms with van der Waals surface area (Å²) in [7, 11) is 1.87. The first kappa shape index (κ1) is 11.7. The number of nitrogens with one attached hydrogen (secondary N) is 1. The number of rotatable bonds is 4. The van der Waals surface area contributed by atoms with E-state index in [1.54, 1.807) is 12.1 Å². The van der Waals surface area contributed by atoms with Gasteiger partial charge in [-0.3, -0.25) is 0 Å². The van der Waals surface area contributed by atoms with Crippen LogP contribution in [0, 0.1) is 25.1 Å². The fourth-order valence-electron chi connectivity index (χ4n) is 1.67. The Bertz CT molecular complexity index is 365. The molecule has 1 aromatic carbocycles. The van der Waals surface area contributed by atoms with Gasteiger partial charge in [0.1, 0.15) is 5.82 Å². The summed E-state index contributed by atoms with van der Waals surface area (Å²) in [5.74, 6) is 2.40. The lowest BCUT2D eigenvalue weighted by molar-refractivity contribution is 0.547. The maximum atomic E-state index is 13.1. The number of benzene rings is 1. The van der Waals surface area contributed by atoms with Gasteiger partial charge in [0, 0.05) is 12.5 Å². The molecule has 1 atom stereocenters. The van der Waals surface area contributed by atoms with E-state index in [1.807, 2.05) is 14.0 Å². The molecule has 1 aromatic rings. The Labute approximate surface area is 90.7 Å². The number of terminal acetylenes is 1. The summed E-state index contributed by atoms with van der Waals surface area (Å²) < 4.78 is 13.1. The van der Waals surface area contributed by atoms with Crippen LogP contribution in [0.4, 0.5) is 4.39 Å². The molecular weight excluding hydrogens is 189 g/mol. The average Bonchev–Trinajstić information content (AvgIpc) is 2.24. The van der Waals surface area contributed by atoms with Gasteiger partial charge in [-0.1, -0.05) is 6.07 Å². The molecule has 1 N–H and O–H groups in total. The first-order valence-corrected chi connectivity index (χ1v) is 5.05. The molecular formula is C13H16FN. The first-order chi connectivity index (χ1) is 7.19. The van der Waals surface area contributed by atoms with Crippen molar-refractivity contribution >= 4 is 0 Å². The Morgan fingerprint density at radius 3 is 2.87 bits per heavy atom. The fourth-order valence-corrected chi connectivity index (χ4v) is 1.67. The zero-order valence-electron chi connectivity index (χ0n) is 9.18. The van der Waals surface area contributed by atoms with Gasteiger partial charge in [0.2, 0.25) is 0 Å². The fraction of sp³-hybridized carbons (Fsp3) is 0.385. The summed E-state index contributed by atoms with van der Waals surface area (Å²) in [5.41, 5.74) is 2.08. The average molecular weight is 205 g/mol. The second-order valence-corrected chi connectivity index (χ2v) is 3.58. The Morgan fingerprint density at radius 2 is 2.27 bits per heavy atom. The second kappa shape index (κ2) is 5.53. The number of hydrogen-bond acceptors (Lipinski definition) is 1. The summed E-state index contributed by atoms with van der Waals surface area (Å²) in [6.07, 6.45) is 6.75. The Kier molecular flexibility index (Phi) is 4.33. The van der Waals surface area contributed by atoms with Gasteiger partial charge in [0.25, 0.3) is 0 Å². The van der Waals surface area contributed by atoms with Crippen molar-refractivity contribution in [2.45, 2.75) is 25.8 Å². The number of aryl methyl sites for hydroxylation is 1. The molecule has 0 spiro atoms. The summed E-state index contributed by atoms with van der Waals surface area (Å²) in [6.45, 7) is 1.98. The minimum absolute atomic E-state index is 0.136. The zero-order chi connectivity index (χ0) is 11.3. The number of halogens is 1. The molecule has 0 fully saturated rings. The minimum atomic E-state index is -0.198. The molecule has 0 aliphatic rings. The molecule has 1 rings (SSSR count). The van der Waals surface area contributed by atoms with Gasteiger partial charge in [-0.25, -0.2) is 4.39 Å². The van der Waals surface area contributed by atoms with E-state index in [1.165, 1.54) is 6.07 Å². The highest BCUT2D eigenvalue weighted by atomic mass is 19.1. The van der Waals surface area contributed by atoms with Crippen LogP contribution in [-0.4, -0.2) is 7.05 Å². The van der Waals surface area contributed by atoms with Crippen molar-refractivity contribution in [1.82, 2.24) is 5.32 Å². The van der Waals surface area contributed by atoms with E-state index in [0.717, 1.165) is 17.5 Å². The molecule has 1 nitrogen and oxygen atoms in total.